The molecule has 80 heavy (non-hydrogen) atoms. The maximum absolute atomic E-state index is 10.7. The molecule has 0 radical (unpaired) electrons. The Morgan fingerprint density at radius 3 is 0.637 bits per heavy atom. The van der Waals surface area contributed by atoms with Crippen molar-refractivity contribution < 1.29 is 147 Å². The van der Waals surface area contributed by atoms with E-state index in [0.717, 1.165) is 52.4 Å². The van der Waals surface area contributed by atoms with Crippen molar-refractivity contribution in [3.63, 3.8) is 0 Å². The Kier molecular flexibility index (Phi) is 26.8. The minimum atomic E-state index is -10.7. The molecule has 4 rings (SSSR count). The van der Waals surface area contributed by atoms with E-state index in [1.807, 2.05) is 0 Å². The molecule has 4 aromatic rings. The molecule has 0 fully saturated rings. The summed E-state index contributed by atoms with van der Waals surface area (Å²) < 4.78 is 289. The number of aryl methyl sites for hydroxylation is 2. The van der Waals surface area contributed by atoms with E-state index in [2.05, 4.69) is 125 Å². The van der Waals surface area contributed by atoms with E-state index in [1.54, 1.807) is 0 Å². The van der Waals surface area contributed by atoms with Gasteiger partial charge in [0.25, 0.3) is 0 Å². The number of hydrogen-bond acceptors (Lipinski definition) is 6. The van der Waals surface area contributed by atoms with Crippen molar-refractivity contribution in [3.05, 3.63) is 74.9 Å². The molecule has 0 aromatic carbocycles. The van der Waals surface area contributed by atoms with Crippen LogP contribution in [-0.2, 0) is 80.8 Å². The fourth-order valence-corrected chi connectivity index (χ4v) is 5.48. The average molecular weight is 1310 g/mol. The zero-order chi connectivity index (χ0) is 62.0. The molecular weight excluding hydrogens is 1240 g/mol. The Morgan fingerprint density at radius 2 is 0.450 bits per heavy atom. The van der Waals surface area contributed by atoms with Gasteiger partial charge in [0.2, 0.25) is 25.3 Å². The Labute approximate surface area is 442 Å². The van der Waals surface area contributed by atoms with Crippen LogP contribution >= 0.6 is 31.2 Å². The Hall–Kier alpha value is -3.36. The van der Waals surface area contributed by atoms with Gasteiger partial charge < -0.3 is 28.4 Å². The fraction of sp³-hybridized carbons (Fsp3) is 0.684. The summed E-state index contributed by atoms with van der Waals surface area (Å²) in [5.41, 5.74) is 0. The number of aromatic nitrogens is 8. The van der Waals surface area contributed by atoms with Crippen LogP contribution < -0.4 is 18.3 Å². The summed E-state index contributed by atoms with van der Waals surface area (Å²) in [6, 6.07) is 0. The van der Waals surface area contributed by atoms with E-state index < -0.39 is 31.2 Å². The number of hydrogen-bond donors (Lipinski definition) is 0. The van der Waals surface area contributed by atoms with Crippen molar-refractivity contribution in [2.45, 2.75) is 91.9 Å². The summed E-state index contributed by atoms with van der Waals surface area (Å²) in [6.07, 6.45) is 30.0. The molecule has 0 aliphatic rings. The van der Waals surface area contributed by atoms with Gasteiger partial charge in [0.1, 0.15) is 88.8 Å². The number of unbranched alkanes of at least 4 members (excludes halogenated alkanes) is 2. The number of ether oxygens (including phenoxy) is 6. The first-order chi connectivity index (χ1) is 35.5. The Morgan fingerprint density at radius 1 is 0.275 bits per heavy atom. The monoisotopic (exact) mass is 1310 g/mol. The van der Waals surface area contributed by atoms with E-state index in [1.165, 1.54) is 25.7 Å². The van der Waals surface area contributed by atoms with Crippen LogP contribution in [-0.4, -0.2) is 97.6 Å². The summed E-state index contributed by atoms with van der Waals surface area (Å²) >= 11 is 0. The van der Waals surface area contributed by atoms with Gasteiger partial charge in [-0.05, 0) is 12.8 Å². The summed E-state index contributed by atoms with van der Waals surface area (Å²) in [6.45, 7) is 19.1. The molecule has 0 amide bonds. The topological polar surface area (TPSA) is 90.6 Å². The molecule has 0 N–H and O–H groups in total. The molecule has 0 saturated heterocycles. The average Bonchev–Trinajstić information content (AvgIpc) is 4.07. The van der Waals surface area contributed by atoms with Gasteiger partial charge in [-0.25, -0.2) is 36.5 Å². The zero-order valence-electron chi connectivity index (χ0n) is 42.8. The molecule has 4 heterocycles. The van der Waals surface area contributed by atoms with Crippen LogP contribution in [0.25, 0.3) is 0 Å². The summed E-state index contributed by atoms with van der Waals surface area (Å²) in [7, 11) is -42.6. The van der Waals surface area contributed by atoms with Crippen LogP contribution in [0.3, 0.4) is 0 Å². The summed E-state index contributed by atoms with van der Waals surface area (Å²) in [4.78, 5) is 0. The van der Waals surface area contributed by atoms with Gasteiger partial charge in [0.05, 0.1) is 92.4 Å². The van der Waals surface area contributed by atoms with Crippen molar-refractivity contribution in [2.75, 3.05) is 79.3 Å². The van der Waals surface area contributed by atoms with Gasteiger partial charge in [-0.3, -0.25) is 0 Å². The third kappa shape index (κ3) is 74.6. The quantitative estimate of drug-likeness (QED) is 0.0204. The fourth-order valence-electron chi connectivity index (χ4n) is 5.48. The first-order valence-corrected chi connectivity index (χ1v) is 31.5. The molecule has 0 atom stereocenters. The van der Waals surface area contributed by atoms with Crippen LogP contribution in [0.5, 0.6) is 0 Å². The molecule has 0 saturated carbocycles. The standard InChI is InChI=1S/C38H66N8O6.4F6P/c1-3-5-7-39-9-11-41(35-39)17-23-47-29-31-49-25-19-43-13-15-45(37-43)21-27-51-33-34-52-28-22-46-16-14-44(38-46)20-26-50-32-30-48-24-18-42-12-10-40(36-42)8-6-4-2;4*1-7(2,3,4,5)6/h9-16,35-38H,3-8,17-34H2,1-2H3;;;;/q+4;4*-1. The Bertz CT molecular complexity index is 2090. The number of rotatable bonds is 33. The second kappa shape index (κ2) is 28.0. The van der Waals surface area contributed by atoms with Gasteiger partial charge in [-0.2, -0.15) is 0 Å². The van der Waals surface area contributed by atoms with Crippen LogP contribution in [0.15, 0.2) is 74.9 Å². The minimum absolute atomic E-state index is 0.583. The van der Waals surface area contributed by atoms with Gasteiger partial charge in [-0.1, -0.05) is 26.7 Å². The van der Waals surface area contributed by atoms with Crippen molar-refractivity contribution in [2.24, 2.45) is 0 Å². The molecular formula is C38H66F24N8O6P4. The molecule has 0 aliphatic carbocycles. The van der Waals surface area contributed by atoms with Crippen molar-refractivity contribution >= 4 is 31.2 Å². The van der Waals surface area contributed by atoms with E-state index in [-0.39, 0.29) is 0 Å². The first kappa shape index (κ1) is 76.6. The SMILES string of the molecule is CCCC[n+]1ccn(CCOCCOCCn2cc[n+](CCOCCOCC[n+]3ccn(CCOCCOCCn4cc[n+](CCCC)c4)c3)c2)c1.F[P-](F)(F)(F)(F)F.F[P-](F)(F)(F)(F)F.F[P-](F)(F)(F)(F)F.F[P-](F)(F)(F)(F)F. The molecule has 14 nitrogen and oxygen atoms in total. The van der Waals surface area contributed by atoms with Crippen molar-refractivity contribution in [3.8, 4) is 0 Å². The van der Waals surface area contributed by atoms with E-state index in [4.69, 9.17) is 28.4 Å². The zero-order valence-corrected chi connectivity index (χ0v) is 46.4. The van der Waals surface area contributed by atoms with Gasteiger partial charge in [0.15, 0.2) is 0 Å². The third-order valence-corrected chi connectivity index (χ3v) is 8.60. The first-order valence-electron chi connectivity index (χ1n) is 23.4. The van der Waals surface area contributed by atoms with Crippen molar-refractivity contribution in [1.29, 1.82) is 0 Å². The predicted molar refractivity (Wildman–Crippen MR) is 248 cm³/mol. The number of imidazole rings is 4. The second-order valence-electron chi connectivity index (χ2n) is 16.8. The predicted octanol–water partition coefficient (Wildman–Crippen LogP) is 15.4. The second-order valence-corrected chi connectivity index (χ2v) is 24.4. The van der Waals surface area contributed by atoms with Crippen LogP contribution in [0.1, 0.15) is 39.5 Å². The van der Waals surface area contributed by atoms with Crippen LogP contribution in [0, 0.1) is 0 Å². The molecule has 0 unspecified atom stereocenters. The number of nitrogens with zero attached hydrogens (tertiary/aromatic N) is 8. The van der Waals surface area contributed by atoms with E-state index in [9.17, 15) is 101 Å². The van der Waals surface area contributed by atoms with Crippen molar-refractivity contribution in [1.82, 2.24) is 18.3 Å². The van der Waals surface area contributed by atoms with Gasteiger partial charge in [-0.15, -0.1) is 0 Å². The van der Waals surface area contributed by atoms with Gasteiger partial charge >= 0.3 is 132 Å². The normalized spacial score (nSPS) is 15.7. The van der Waals surface area contributed by atoms with Gasteiger partial charge in [0, 0.05) is 0 Å². The number of halogens is 24. The molecule has 4 aromatic heterocycles. The molecule has 0 aliphatic heterocycles. The molecule has 482 valence electrons. The van der Waals surface area contributed by atoms with Crippen LogP contribution in [0.4, 0.5) is 101 Å². The maximum atomic E-state index is 9.87. The van der Waals surface area contributed by atoms with E-state index in [0.29, 0.717) is 79.3 Å². The molecule has 42 heteroatoms. The molecule has 0 spiro atoms. The molecule has 0 bridgehead atoms. The summed E-state index contributed by atoms with van der Waals surface area (Å²) in [5, 5.41) is 0. The summed E-state index contributed by atoms with van der Waals surface area (Å²) in [5.74, 6) is 0. The van der Waals surface area contributed by atoms with Crippen LogP contribution in [0.2, 0.25) is 0 Å². The Balaban J connectivity index is 0.00000181. The third-order valence-electron chi connectivity index (χ3n) is 8.60. The van der Waals surface area contributed by atoms with E-state index >= 15 is 0 Å².